The molecular formula is C23H18N2O2. The Bertz CT molecular complexity index is 1180. The lowest BCUT2D eigenvalue weighted by molar-refractivity contribution is 0.102. The minimum atomic E-state index is -0.206. The third-order valence-corrected chi connectivity index (χ3v) is 4.62. The van der Waals surface area contributed by atoms with Crippen molar-refractivity contribution < 1.29 is 4.79 Å². The van der Waals surface area contributed by atoms with E-state index in [1.165, 1.54) is 4.57 Å². The van der Waals surface area contributed by atoms with Gasteiger partial charge in [0.15, 0.2) is 0 Å². The van der Waals surface area contributed by atoms with Crippen LogP contribution in [0.4, 0.5) is 5.69 Å². The average Bonchev–Trinajstić information content (AvgIpc) is 2.72. The maximum atomic E-state index is 12.7. The van der Waals surface area contributed by atoms with Crippen molar-refractivity contribution in [3.63, 3.8) is 0 Å². The van der Waals surface area contributed by atoms with Gasteiger partial charge in [0, 0.05) is 35.3 Å². The number of pyridine rings is 1. The van der Waals surface area contributed by atoms with Gasteiger partial charge in [-0.3, -0.25) is 9.59 Å². The molecule has 0 atom stereocenters. The lowest BCUT2D eigenvalue weighted by Crippen LogP contribution is -2.17. The molecule has 0 fully saturated rings. The molecule has 4 rings (SSSR count). The Labute approximate surface area is 156 Å². The number of rotatable bonds is 3. The molecule has 0 aliphatic carbocycles. The van der Waals surface area contributed by atoms with E-state index < -0.39 is 0 Å². The maximum Gasteiger partial charge on any atom is 0.258 e. The fourth-order valence-electron chi connectivity index (χ4n) is 3.12. The lowest BCUT2D eigenvalue weighted by Gasteiger charge is -2.10. The standard InChI is InChI=1S/C23H18N2O2/c1-25-15-14-19-20(23(25)27)8-5-9-21(19)24-22(26)18-12-10-17(11-13-18)16-6-3-2-4-7-16/h2-15H,1H3,(H,24,26). The summed E-state index contributed by atoms with van der Waals surface area (Å²) >= 11 is 0. The van der Waals surface area contributed by atoms with Crippen molar-refractivity contribution in [1.29, 1.82) is 0 Å². The van der Waals surface area contributed by atoms with E-state index in [-0.39, 0.29) is 11.5 Å². The monoisotopic (exact) mass is 354 g/mol. The number of carbonyl (C=O) groups excluding carboxylic acids is 1. The second kappa shape index (κ2) is 6.92. The molecule has 0 radical (unpaired) electrons. The number of benzene rings is 3. The zero-order valence-electron chi connectivity index (χ0n) is 14.8. The number of nitrogens with one attached hydrogen (secondary N) is 1. The average molecular weight is 354 g/mol. The Morgan fingerprint density at radius 1 is 0.778 bits per heavy atom. The smallest absolute Gasteiger partial charge is 0.258 e. The molecule has 1 heterocycles. The van der Waals surface area contributed by atoms with Crippen molar-refractivity contribution >= 4 is 22.4 Å². The van der Waals surface area contributed by atoms with Gasteiger partial charge in [-0.1, -0.05) is 48.5 Å². The highest BCUT2D eigenvalue weighted by molar-refractivity contribution is 6.09. The Kier molecular flexibility index (Phi) is 4.30. The van der Waals surface area contributed by atoms with Gasteiger partial charge in [0.1, 0.15) is 0 Å². The molecule has 0 saturated carbocycles. The summed E-state index contributed by atoms with van der Waals surface area (Å²) in [5, 5.41) is 4.23. The van der Waals surface area contributed by atoms with Crippen LogP contribution in [-0.2, 0) is 7.05 Å². The van der Waals surface area contributed by atoms with Crippen LogP contribution in [0.2, 0.25) is 0 Å². The van der Waals surface area contributed by atoms with Gasteiger partial charge in [-0.25, -0.2) is 0 Å². The number of aryl methyl sites for hydroxylation is 1. The van der Waals surface area contributed by atoms with Crippen LogP contribution in [0.3, 0.4) is 0 Å². The van der Waals surface area contributed by atoms with Crippen LogP contribution in [0.25, 0.3) is 21.9 Å². The van der Waals surface area contributed by atoms with Crippen molar-refractivity contribution in [2.75, 3.05) is 5.32 Å². The molecule has 0 unspecified atom stereocenters. The summed E-state index contributed by atoms with van der Waals surface area (Å²) in [5.74, 6) is -0.206. The fraction of sp³-hybridized carbons (Fsp3) is 0.0435. The molecule has 0 aliphatic rings. The van der Waals surface area contributed by atoms with E-state index >= 15 is 0 Å². The molecule has 0 bridgehead atoms. The largest absolute Gasteiger partial charge is 0.321 e. The summed E-state index contributed by atoms with van der Waals surface area (Å²) in [6.45, 7) is 0. The highest BCUT2D eigenvalue weighted by atomic mass is 16.1. The molecule has 27 heavy (non-hydrogen) atoms. The topological polar surface area (TPSA) is 51.1 Å². The van der Waals surface area contributed by atoms with Gasteiger partial charge < -0.3 is 9.88 Å². The summed E-state index contributed by atoms with van der Waals surface area (Å²) in [5.41, 5.74) is 3.27. The summed E-state index contributed by atoms with van der Waals surface area (Å²) in [6, 6.07) is 24.7. The Hall–Kier alpha value is -3.66. The molecule has 0 saturated heterocycles. The summed E-state index contributed by atoms with van der Waals surface area (Å²) in [6.07, 6.45) is 1.70. The molecule has 4 aromatic rings. The second-order valence-corrected chi connectivity index (χ2v) is 6.40. The zero-order valence-corrected chi connectivity index (χ0v) is 14.8. The van der Waals surface area contributed by atoms with Gasteiger partial charge in [0.25, 0.3) is 11.5 Å². The van der Waals surface area contributed by atoms with Gasteiger partial charge in [0.05, 0.1) is 0 Å². The number of carbonyl (C=O) groups is 1. The number of aromatic nitrogens is 1. The van der Waals surface area contributed by atoms with Gasteiger partial charge in [-0.2, -0.15) is 0 Å². The first kappa shape index (κ1) is 16.8. The first-order valence-electron chi connectivity index (χ1n) is 8.69. The van der Waals surface area contributed by atoms with E-state index in [0.29, 0.717) is 16.6 Å². The van der Waals surface area contributed by atoms with Crippen LogP contribution >= 0.6 is 0 Å². The number of hydrogen-bond donors (Lipinski definition) is 1. The van der Waals surface area contributed by atoms with Crippen molar-refractivity contribution in [2.45, 2.75) is 0 Å². The van der Waals surface area contributed by atoms with Crippen molar-refractivity contribution in [3.8, 4) is 11.1 Å². The molecule has 132 valence electrons. The minimum absolute atomic E-state index is 0.0872. The quantitative estimate of drug-likeness (QED) is 0.591. The van der Waals surface area contributed by atoms with Gasteiger partial charge in [-0.15, -0.1) is 0 Å². The van der Waals surface area contributed by atoms with Crippen LogP contribution < -0.4 is 10.9 Å². The Morgan fingerprint density at radius 3 is 2.22 bits per heavy atom. The number of nitrogens with zero attached hydrogens (tertiary/aromatic N) is 1. The van der Waals surface area contributed by atoms with Crippen LogP contribution in [0.1, 0.15) is 10.4 Å². The van der Waals surface area contributed by atoms with Crippen molar-refractivity contribution in [2.24, 2.45) is 7.05 Å². The minimum Gasteiger partial charge on any atom is -0.321 e. The van der Waals surface area contributed by atoms with Gasteiger partial charge in [-0.05, 0) is 41.5 Å². The van der Waals surface area contributed by atoms with Crippen LogP contribution in [0.5, 0.6) is 0 Å². The highest BCUT2D eigenvalue weighted by Crippen LogP contribution is 2.23. The predicted octanol–water partition coefficient (Wildman–Crippen LogP) is 4.46. The predicted molar refractivity (Wildman–Crippen MR) is 109 cm³/mol. The van der Waals surface area contributed by atoms with E-state index in [9.17, 15) is 9.59 Å². The molecule has 1 amide bonds. The van der Waals surface area contributed by atoms with Gasteiger partial charge >= 0.3 is 0 Å². The fourth-order valence-corrected chi connectivity index (χ4v) is 3.12. The second-order valence-electron chi connectivity index (χ2n) is 6.40. The molecule has 1 aromatic heterocycles. The number of amides is 1. The van der Waals surface area contributed by atoms with E-state index in [1.54, 1.807) is 31.4 Å². The van der Waals surface area contributed by atoms with E-state index in [4.69, 9.17) is 0 Å². The third-order valence-electron chi connectivity index (χ3n) is 4.62. The zero-order chi connectivity index (χ0) is 18.8. The first-order valence-corrected chi connectivity index (χ1v) is 8.69. The number of fused-ring (bicyclic) bond motifs is 1. The molecule has 0 spiro atoms. The lowest BCUT2D eigenvalue weighted by atomic mass is 10.0. The number of hydrogen-bond acceptors (Lipinski definition) is 2. The molecule has 3 aromatic carbocycles. The normalized spacial score (nSPS) is 10.7. The highest BCUT2D eigenvalue weighted by Gasteiger charge is 2.10. The van der Waals surface area contributed by atoms with Crippen LogP contribution in [-0.4, -0.2) is 10.5 Å². The summed E-state index contributed by atoms with van der Waals surface area (Å²) in [7, 11) is 1.71. The maximum absolute atomic E-state index is 12.7. The molecule has 0 aliphatic heterocycles. The Morgan fingerprint density at radius 2 is 1.48 bits per heavy atom. The SMILES string of the molecule is Cn1ccc2c(NC(=O)c3ccc(-c4ccccc4)cc3)cccc2c1=O. The number of anilines is 1. The molecule has 4 heteroatoms. The van der Waals surface area contributed by atoms with Crippen molar-refractivity contribution in [3.05, 3.63) is 101 Å². The Balaban J connectivity index is 1.62. The summed E-state index contributed by atoms with van der Waals surface area (Å²) < 4.78 is 1.52. The van der Waals surface area contributed by atoms with E-state index in [0.717, 1.165) is 16.5 Å². The molecular weight excluding hydrogens is 336 g/mol. The third kappa shape index (κ3) is 3.25. The van der Waals surface area contributed by atoms with E-state index in [1.807, 2.05) is 60.7 Å². The van der Waals surface area contributed by atoms with Crippen LogP contribution in [0.15, 0.2) is 89.9 Å². The molecule has 1 N–H and O–H groups in total. The van der Waals surface area contributed by atoms with Crippen molar-refractivity contribution in [1.82, 2.24) is 4.57 Å². The van der Waals surface area contributed by atoms with E-state index in [2.05, 4.69) is 5.32 Å². The van der Waals surface area contributed by atoms with Gasteiger partial charge in [0.2, 0.25) is 0 Å². The van der Waals surface area contributed by atoms with Crippen LogP contribution in [0, 0.1) is 0 Å². The summed E-state index contributed by atoms with van der Waals surface area (Å²) in [4.78, 5) is 24.9. The first-order chi connectivity index (χ1) is 13.1. The molecule has 4 nitrogen and oxygen atoms in total.